The molecule has 1 aromatic rings. The van der Waals surface area contributed by atoms with Crippen LogP contribution in [-0.2, 0) is 4.74 Å². The third-order valence-corrected chi connectivity index (χ3v) is 3.70. The first-order chi connectivity index (χ1) is 8.40. The fourth-order valence-electron chi connectivity index (χ4n) is 2.92. The van der Waals surface area contributed by atoms with E-state index in [1.165, 1.54) is 18.4 Å². The predicted molar refractivity (Wildman–Crippen MR) is 64.0 cm³/mol. The van der Waals surface area contributed by atoms with Crippen LogP contribution >= 0.6 is 0 Å². The average molecular weight is 228 g/mol. The van der Waals surface area contributed by atoms with Gasteiger partial charge >= 0.3 is 0 Å². The molecular formula is C14H16N2O. The van der Waals surface area contributed by atoms with E-state index >= 15 is 0 Å². The van der Waals surface area contributed by atoms with Gasteiger partial charge in [-0.3, -0.25) is 4.90 Å². The normalized spacial score (nSPS) is 33.0. The number of nitriles is 1. The second-order valence-corrected chi connectivity index (χ2v) is 4.73. The number of ether oxygens (including phenoxy) is 1. The van der Waals surface area contributed by atoms with Crippen molar-refractivity contribution in [3.8, 4) is 6.07 Å². The fraction of sp³-hybridized carbons (Fsp3) is 0.500. The predicted octanol–water partition coefficient (Wildman–Crippen LogP) is 2.46. The first-order valence-electron chi connectivity index (χ1n) is 6.26. The minimum atomic E-state index is -0.319. The molecule has 2 fully saturated rings. The van der Waals surface area contributed by atoms with Gasteiger partial charge in [0.15, 0.2) is 6.10 Å². The molecular weight excluding hydrogens is 212 g/mol. The minimum Gasteiger partial charge on any atom is -0.343 e. The van der Waals surface area contributed by atoms with E-state index in [1.807, 2.05) is 18.2 Å². The molecule has 3 atom stereocenters. The second kappa shape index (κ2) is 4.48. The van der Waals surface area contributed by atoms with E-state index in [2.05, 4.69) is 23.1 Å². The fourth-order valence-corrected chi connectivity index (χ4v) is 2.92. The maximum absolute atomic E-state index is 9.24. The summed E-state index contributed by atoms with van der Waals surface area (Å²) in [6.07, 6.45) is 3.31. The van der Waals surface area contributed by atoms with Crippen molar-refractivity contribution in [2.45, 2.75) is 37.6 Å². The van der Waals surface area contributed by atoms with Crippen molar-refractivity contribution >= 4 is 0 Å². The van der Waals surface area contributed by atoms with Crippen molar-refractivity contribution in [3.05, 3.63) is 35.9 Å². The Morgan fingerprint density at radius 3 is 2.82 bits per heavy atom. The van der Waals surface area contributed by atoms with Gasteiger partial charge in [-0.05, 0) is 24.8 Å². The minimum absolute atomic E-state index is 0.117. The van der Waals surface area contributed by atoms with Crippen molar-refractivity contribution in [3.63, 3.8) is 0 Å². The highest BCUT2D eigenvalue weighted by atomic mass is 16.5. The molecule has 0 saturated carbocycles. The maximum Gasteiger partial charge on any atom is 0.165 e. The molecule has 1 unspecified atom stereocenters. The molecule has 0 aromatic heterocycles. The van der Waals surface area contributed by atoms with Gasteiger partial charge in [0, 0.05) is 6.54 Å². The van der Waals surface area contributed by atoms with E-state index in [9.17, 15) is 5.26 Å². The SMILES string of the molecule is N#CC1O[C@H]2CCCCN2[C@H]1c1ccccc1. The largest absolute Gasteiger partial charge is 0.343 e. The van der Waals surface area contributed by atoms with E-state index in [4.69, 9.17) is 4.74 Å². The van der Waals surface area contributed by atoms with Gasteiger partial charge in [0.1, 0.15) is 6.23 Å². The lowest BCUT2D eigenvalue weighted by atomic mass is 9.99. The van der Waals surface area contributed by atoms with Crippen LogP contribution in [0.5, 0.6) is 0 Å². The molecule has 2 heterocycles. The Hall–Kier alpha value is -1.37. The zero-order valence-corrected chi connectivity index (χ0v) is 9.75. The maximum atomic E-state index is 9.24. The lowest BCUT2D eigenvalue weighted by Crippen LogP contribution is -2.36. The molecule has 0 N–H and O–H groups in total. The summed E-state index contributed by atoms with van der Waals surface area (Å²) in [4.78, 5) is 2.35. The zero-order valence-electron chi connectivity index (χ0n) is 9.75. The standard InChI is InChI=1S/C14H16N2O/c15-10-12-14(11-6-2-1-3-7-11)16-9-5-4-8-13(16)17-12/h1-3,6-7,12-14H,4-5,8-9H2/t12?,13-,14-/m0/s1. The van der Waals surface area contributed by atoms with Gasteiger partial charge < -0.3 is 4.74 Å². The van der Waals surface area contributed by atoms with E-state index in [0.717, 1.165) is 13.0 Å². The quantitative estimate of drug-likeness (QED) is 0.740. The summed E-state index contributed by atoms with van der Waals surface area (Å²) in [5.74, 6) is 0. The molecule has 3 heteroatoms. The Morgan fingerprint density at radius 1 is 1.24 bits per heavy atom. The first-order valence-corrected chi connectivity index (χ1v) is 6.26. The Morgan fingerprint density at radius 2 is 2.06 bits per heavy atom. The Bertz CT molecular complexity index is 426. The molecule has 2 aliphatic rings. The summed E-state index contributed by atoms with van der Waals surface area (Å²) >= 11 is 0. The summed E-state index contributed by atoms with van der Waals surface area (Å²) in [5, 5.41) is 9.24. The van der Waals surface area contributed by atoms with Crippen LogP contribution < -0.4 is 0 Å². The molecule has 0 aliphatic carbocycles. The van der Waals surface area contributed by atoms with Crippen LogP contribution in [0.4, 0.5) is 0 Å². The first kappa shape index (κ1) is 10.8. The van der Waals surface area contributed by atoms with Gasteiger partial charge in [0.25, 0.3) is 0 Å². The Kier molecular flexibility index (Phi) is 2.84. The molecule has 0 amide bonds. The second-order valence-electron chi connectivity index (χ2n) is 4.73. The summed E-state index contributed by atoms with van der Waals surface area (Å²) in [6.45, 7) is 1.04. The topological polar surface area (TPSA) is 36.3 Å². The Labute approximate surface area is 102 Å². The Balaban J connectivity index is 1.93. The molecule has 0 bridgehead atoms. The third-order valence-electron chi connectivity index (χ3n) is 3.70. The zero-order chi connectivity index (χ0) is 11.7. The monoisotopic (exact) mass is 228 g/mol. The number of fused-ring (bicyclic) bond motifs is 1. The molecule has 0 radical (unpaired) electrons. The van der Waals surface area contributed by atoms with Gasteiger partial charge in [0.2, 0.25) is 0 Å². The highest BCUT2D eigenvalue weighted by molar-refractivity contribution is 5.24. The summed E-state index contributed by atoms with van der Waals surface area (Å²) in [5.41, 5.74) is 1.20. The summed E-state index contributed by atoms with van der Waals surface area (Å²) in [6, 6.07) is 12.7. The molecule has 2 saturated heterocycles. The van der Waals surface area contributed by atoms with Gasteiger partial charge in [-0.15, -0.1) is 0 Å². The van der Waals surface area contributed by atoms with Crippen molar-refractivity contribution < 1.29 is 4.74 Å². The van der Waals surface area contributed by atoms with E-state index in [1.54, 1.807) is 0 Å². The number of nitrogens with zero attached hydrogens (tertiary/aromatic N) is 2. The van der Waals surface area contributed by atoms with Crippen LogP contribution in [0, 0.1) is 11.3 Å². The van der Waals surface area contributed by atoms with E-state index in [0.29, 0.717) is 0 Å². The van der Waals surface area contributed by atoms with Crippen LogP contribution in [0.1, 0.15) is 30.9 Å². The summed E-state index contributed by atoms with van der Waals surface area (Å²) < 4.78 is 5.85. The lowest BCUT2D eigenvalue weighted by molar-refractivity contribution is -0.00791. The van der Waals surface area contributed by atoms with Gasteiger partial charge in [-0.2, -0.15) is 5.26 Å². The molecule has 3 nitrogen and oxygen atoms in total. The number of hydrogen-bond donors (Lipinski definition) is 0. The van der Waals surface area contributed by atoms with Gasteiger partial charge in [0.05, 0.1) is 12.1 Å². The van der Waals surface area contributed by atoms with Crippen molar-refractivity contribution in [2.24, 2.45) is 0 Å². The van der Waals surface area contributed by atoms with Crippen molar-refractivity contribution in [1.82, 2.24) is 4.90 Å². The van der Waals surface area contributed by atoms with E-state index in [-0.39, 0.29) is 18.4 Å². The molecule has 0 spiro atoms. The number of rotatable bonds is 1. The lowest BCUT2D eigenvalue weighted by Gasteiger charge is -2.31. The molecule has 2 aliphatic heterocycles. The molecule has 3 rings (SSSR count). The molecule has 17 heavy (non-hydrogen) atoms. The van der Waals surface area contributed by atoms with Gasteiger partial charge in [-0.1, -0.05) is 30.3 Å². The van der Waals surface area contributed by atoms with Crippen LogP contribution in [-0.4, -0.2) is 23.8 Å². The number of piperidine rings is 1. The third kappa shape index (κ3) is 1.84. The average Bonchev–Trinajstić information content (AvgIpc) is 2.78. The van der Waals surface area contributed by atoms with Crippen molar-refractivity contribution in [2.75, 3.05) is 6.54 Å². The van der Waals surface area contributed by atoms with E-state index < -0.39 is 0 Å². The highest BCUT2D eigenvalue weighted by Crippen LogP contribution is 2.39. The molecule has 88 valence electrons. The van der Waals surface area contributed by atoms with Crippen LogP contribution in [0.15, 0.2) is 30.3 Å². The van der Waals surface area contributed by atoms with Crippen LogP contribution in [0.25, 0.3) is 0 Å². The molecule has 1 aromatic carbocycles. The van der Waals surface area contributed by atoms with Crippen LogP contribution in [0.3, 0.4) is 0 Å². The number of hydrogen-bond acceptors (Lipinski definition) is 3. The summed E-state index contributed by atoms with van der Waals surface area (Å²) in [7, 11) is 0. The van der Waals surface area contributed by atoms with Crippen LogP contribution in [0.2, 0.25) is 0 Å². The van der Waals surface area contributed by atoms with Crippen molar-refractivity contribution in [1.29, 1.82) is 5.26 Å². The number of benzene rings is 1. The highest BCUT2D eigenvalue weighted by Gasteiger charge is 2.43. The smallest absolute Gasteiger partial charge is 0.165 e. The van der Waals surface area contributed by atoms with Gasteiger partial charge in [-0.25, -0.2) is 0 Å².